The van der Waals surface area contributed by atoms with Gasteiger partial charge in [-0.3, -0.25) is 5.10 Å². The van der Waals surface area contributed by atoms with Crippen molar-refractivity contribution in [3.8, 4) is 17.1 Å². The normalized spacial score (nSPS) is 11.0. The molecule has 0 spiro atoms. The fraction of sp³-hybridized carbons (Fsp3) is 0. The van der Waals surface area contributed by atoms with E-state index in [1.54, 1.807) is 18.3 Å². The van der Waals surface area contributed by atoms with Crippen LogP contribution in [0.3, 0.4) is 0 Å². The number of anilines is 1. The van der Waals surface area contributed by atoms with Crippen molar-refractivity contribution in [3.63, 3.8) is 0 Å². The summed E-state index contributed by atoms with van der Waals surface area (Å²) in [5, 5.41) is 17.0. The Bertz CT molecular complexity index is 653. The van der Waals surface area contributed by atoms with Crippen molar-refractivity contribution in [2.75, 3.05) is 5.73 Å². The minimum Gasteiger partial charge on any atom is -0.508 e. The summed E-state index contributed by atoms with van der Waals surface area (Å²) in [6.07, 6.45) is 1.57. The Labute approximate surface area is 90.9 Å². The highest BCUT2D eigenvalue weighted by Crippen LogP contribution is 2.27. The molecule has 5 nitrogen and oxygen atoms in total. The second-order valence-corrected chi connectivity index (χ2v) is 3.65. The lowest BCUT2D eigenvalue weighted by molar-refractivity contribution is 0.476. The van der Waals surface area contributed by atoms with E-state index in [4.69, 9.17) is 5.73 Å². The van der Waals surface area contributed by atoms with Gasteiger partial charge in [0.25, 0.3) is 0 Å². The van der Waals surface area contributed by atoms with E-state index in [0.29, 0.717) is 5.69 Å². The Hall–Kier alpha value is -2.43. The molecule has 0 aliphatic carbocycles. The molecule has 0 aliphatic rings. The topological polar surface area (TPSA) is 90.7 Å². The Balaban J connectivity index is 2.23. The van der Waals surface area contributed by atoms with E-state index in [9.17, 15) is 5.11 Å². The zero-order valence-corrected chi connectivity index (χ0v) is 8.36. The number of hydrogen-bond acceptors (Lipinski definition) is 3. The molecule has 5 heteroatoms. The maximum absolute atomic E-state index is 9.37. The van der Waals surface area contributed by atoms with Gasteiger partial charge in [-0.1, -0.05) is 0 Å². The molecule has 5 N–H and O–H groups in total. The van der Waals surface area contributed by atoms with Crippen LogP contribution in [0.2, 0.25) is 0 Å². The monoisotopic (exact) mass is 214 g/mol. The Kier molecular flexibility index (Phi) is 1.67. The summed E-state index contributed by atoms with van der Waals surface area (Å²) in [5.74, 6) is 0.246. The molecule has 0 unspecified atom stereocenters. The summed E-state index contributed by atoms with van der Waals surface area (Å²) in [7, 11) is 0. The van der Waals surface area contributed by atoms with Crippen LogP contribution in [-0.2, 0) is 0 Å². The van der Waals surface area contributed by atoms with Gasteiger partial charge in [-0.05, 0) is 24.3 Å². The lowest BCUT2D eigenvalue weighted by Gasteiger charge is -1.93. The highest BCUT2D eigenvalue weighted by atomic mass is 16.3. The van der Waals surface area contributed by atoms with Crippen LogP contribution in [0.15, 0.2) is 30.5 Å². The van der Waals surface area contributed by atoms with E-state index in [2.05, 4.69) is 15.2 Å². The largest absolute Gasteiger partial charge is 0.508 e. The van der Waals surface area contributed by atoms with Crippen molar-refractivity contribution in [1.82, 2.24) is 15.2 Å². The van der Waals surface area contributed by atoms with Gasteiger partial charge in [-0.2, -0.15) is 5.10 Å². The summed E-state index contributed by atoms with van der Waals surface area (Å²) in [6, 6.07) is 7.07. The number of nitrogens with two attached hydrogens (primary N) is 1. The second-order valence-electron chi connectivity index (χ2n) is 3.65. The predicted molar refractivity (Wildman–Crippen MR) is 62.0 cm³/mol. The average molecular weight is 214 g/mol. The van der Waals surface area contributed by atoms with Crippen LogP contribution in [0, 0.1) is 0 Å². The summed E-state index contributed by atoms with van der Waals surface area (Å²) < 4.78 is 0. The molecule has 0 atom stereocenters. The highest BCUT2D eigenvalue weighted by Gasteiger charge is 2.08. The third-order valence-corrected chi connectivity index (χ3v) is 2.54. The number of phenolic OH excluding ortho intramolecular Hbond substituents is 1. The molecule has 0 fully saturated rings. The molecule has 0 amide bonds. The number of benzene rings is 1. The molecule has 1 aromatic carbocycles. The fourth-order valence-electron chi connectivity index (χ4n) is 1.77. The number of H-pyrrole nitrogens is 2. The molecule has 0 radical (unpaired) electrons. The van der Waals surface area contributed by atoms with Crippen LogP contribution in [0.5, 0.6) is 5.75 Å². The van der Waals surface area contributed by atoms with E-state index in [1.165, 1.54) is 0 Å². The van der Waals surface area contributed by atoms with E-state index in [-0.39, 0.29) is 5.75 Å². The van der Waals surface area contributed by atoms with Crippen molar-refractivity contribution in [3.05, 3.63) is 30.5 Å². The molecule has 0 bridgehead atoms. The summed E-state index contributed by atoms with van der Waals surface area (Å²) in [6.45, 7) is 0. The van der Waals surface area contributed by atoms with Crippen LogP contribution in [0.4, 0.5) is 5.69 Å². The molecule has 3 rings (SSSR count). The van der Waals surface area contributed by atoms with E-state index >= 15 is 0 Å². The van der Waals surface area contributed by atoms with Gasteiger partial charge in [0, 0.05) is 10.9 Å². The summed E-state index contributed by atoms with van der Waals surface area (Å²) in [5.41, 5.74) is 8.92. The third-order valence-electron chi connectivity index (χ3n) is 2.54. The standard InChI is InChI=1S/C11H10N4O/c12-8-5-13-15-11(8)10-4-6-3-7(16)1-2-9(6)14-10/h1-5,14,16H,12H2,(H,13,15). The van der Waals surface area contributed by atoms with Gasteiger partial charge < -0.3 is 15.8 Å². The minimum atomic E-state index is 0.246. The van der Waals surface area contributed by atoms with E-state index < -0.39 is 0 Å². The number of aromatic hydroxyl groups is 1. The number of aromatic nitrogens is 3. The van der Waals surface area contributed by atoms with Crippen LogP contribution >= 0.6 is 0 Å². The first-order valence-electron chi connectivity index (χ1n) is 4.85. The molecule has 0 saturated carbocycles. The van der Waals surface area contributed by atoms with Gasteiger partial charge >= 0.3 is 0 Å². The molecule has 0 saturated heterocycles. The van der Waals surface area contributed by atoms with E-state index in [1.807, 2.05) is 12.1 Å². The van der Waals surface area contributed by atoms with Crippen molar-refractivity contribution in [2.45, 2.75) is 0 Å². The number of aromatic amines is 2. The molecule has 16 heavy (non-hydrogen) atoms. The van der Waals surface area contributed by atoms with Crippen molar-refractivity contribution in [2.24, 2.45) is 0 Å². The van der Waals surface area contributed by atoms with Crippen LogP contribution in [0.25, 0.3) is 22.3 Å². The second kappa shape index (κ2) is 3.03. The lowest BCUT2D eigenvalue weighted by Crippen LogP contribution is -1.85. The van der Waals surface area contributed by atoms with Gasteiger partial charge in [-0.15, -0.1) is 0 Å². The van der Waals surface area contributed by atoms with Gasteiger partial charge in [-0.25, -0.2) is 0 Å². The maximum atomic E-state index is 9.37. The smallest absolute Gasteiger partial charge is 0.116 e. The number of fused-ring (bicyclic) bond motifs is 1. The van der Waals surface area contributed by atoms with Gasteiger partial charge in [0.05, 0.1) is 17.6 Å². The highest BCUT2D eigenvalue weighted by molar-refractivity contribution is 5.88. The molecule has 2 aromatic heterocycles. The molecule has 0 aliphatic heterocycles. The number of phenols is 1. The van der Waals surface area contributed by atoms with Crippen LogP contribution in [-0.4, -0.2) is 20.3 Å². The first-order valence-corrected chi connectivity index (χ1v) is 4.85. The predicted octanol–water partition coefficient (Wildman–Crippen LogP) is 1.85. The molecule has 80 valence electrons. The minimum absolute atomic E-state index is 0.246. The summed E-state index contributed by atoms with van der Waals surface area (Å²) >= 11 is 0. The van der Waals surface area contributed by atoms with E-state index in [0.717, 1.165) is 22.3 Å². The van der Waals surface area contributed by atoms with Gasteiger partial charge in [0.1, 0.15) is 11.4 Å². The molecular weight excluding hydrogens is 204 g/mol. The quantitative estimate of drug-likeness (QED) is 0.498. The maximum Gasteiger partial charge on any atom is 0.116 e. The molecular formula is C11H10N4O. The number of nitrogens with zero attached hydrogens (tertiary/aromatic N) is 1. The van der Waals surface area contributed by atoms with Gasteiger partial charge in [0.2, 0.25) is 0 Å². The first-order chi connectivity index (χ1) is 7.74. The number of nitrogen functional groups attached to an aromatic ring is 1. The van der Waals surface area contributed by atoms with Crippen molar-refractivity contribution in [1.29, 1.82) is 0 Å². The summed E-state index contributed by atoms with van der Waals surface area (Å²) in [4.78, 5) is 3.20. The molecule has 3 aromatic rings. The van der Waals surface area contributed by atoms with Crippen LogP contribution in [0.1, 0.15) is 0 Å². The van der Waals surface area contributed by atoms with Crippen LogP contribution < -0.4 is 5.73 Å². The Morgan fingerprint density at radius 1 is 1.25 bits per heavy atom. The number of rotatable bonds is 1. The SMILES string of the molecule is Nc1cn[nH]c1-c1cc2cc(O)ccc2[nH]1. The number of nitrogens with one attached hydrogen (secondary N) is 2. The first kappa shape index (κ1) is 8.84. The van der Waals surface area contributed by atoms with Crippen molar-refractivity contribution >= 4 is 16.6 Å². The lowest BCUT2D eigenvalue weighted by atomic mass is 10.2. The Morgan fingerprint density at radius 3 is 2.88 bits per heavy atom. The zero-order chi connectivity index (χ0) is 11.1. The average Bonchev–Trinajstić information content (AvgIpc) is 2.82. The third kappa shape index (κ3) is 1.22. The number of hydrogen-bond donors (Lipinski definition) is 4. The fourth-order valence-corrected chi connectivity index (χ4v) is 1.77. The van der Waals surface area contributed by atoms with Crippen molar-refractivity contribution < 1.29 is 5.11 Å². The Morgan fingerprint density at radius 2 is 2.12 bits per heavy atom. The van der Waals surface area contributed by atoms with Gasteiger partial charge in [0.15, 0.2) is 0 Å². The molecule has 2 heterocycles. The zero-order valence-electron chi connectivity index (χ0n) is 8.36.